The first-order valence-corrected chi connectivity index (χ1v) is 9.30. The van der Waals surface area contributed by atoms with Crippen molar-refractivity contribution in [3.05, 3.63) is 83.7 Å². The zero-order valence-corrected chi connectivity index (χ0v) is 15.6. The predicted molar refractivity (Wildman–Crippen MR) is 106 cm³/mol. The third kappa shape index (κ3) is 3.95. The van der Waals surface area contributed by atoms with Gasteiger partial charge in [-0.3, -0.25) is 0 Å². The Bertz CT molecular complexity index is 908. The van der Waals surface area contributed by atoms with Crippen molar-refractivity contribution in [3.63, 3.8) is 0 Å². The molecule has 1 heterocycles. The van der Waals surface area contributed by atoms with Gasteiger partial charge < -0.3 is 9.47 Å². The Balaban J connectivity index is 1.55. The van der Waals surface area contributed by atoms with E-state index in [4.69, 9.17) is 9.47 Å². The summed E-state index contributed by atoms with van der Waals surface area (Å²) in [6.45, 7) is 5.54. The van der Waals surface area contributed by atoms with Crippen molar-refractivity contribution in [2.45, 2.75) is 20.1 Å². The van der Waals surface area contributed by atoms with E-state index in [-0.39, 0.29) is 12.1 Å². The van der Waals surface area contributed by atoms with Crippen LogP contribution in [0.15, 0.2) is 66.7 Å². The van der Waals surface area contributed by atoms with E-state index in [0.717, 1.165) is 27.8 Å². The van der Waals surface area contributed by atoms with Crippen molar-refractivity contribution < 1.29 is 13.9 Å². The number of benzene rings is 3. The van der Waals surface area contributed by atoms with Crippen LogP contribution in [0.1, 0.15) is 24.3 Å². The first kappa shape index (κ1) is 17.9. The zero-order chi connectivity index (χ0) is 18.8. The maximum atomic E-state index is 14.7. The topological polar surface area (TPSA) is 18.5 Å². The molecule has 3 aromatic carbocycles. The molecule has 4 rings (SSSR count). The summed E-state index contributed by atoms with van der Waals surface area (Å²) in [5, 5.41) is 0. The molecule has 0 bridgehead atoms. The quantitative estimate of drug-likeness (QED) is 0.556. The Morgan fingerprint density at radius 3 is 2.00 bits per heavy atom. The fourth-order valence-corrected chi connectivity index (χ4v) is 3.29. The van der Waals surface area contributed by atoms with Gasteiger partial charge in [0, 0.05) is 17.0 Å². The van der Waals surface area contributed by atoms with Gasteiger partial charge in [-0.15, -0.1) is 0 Å². The summed E-state index contributed by atoms with van der Waals surface area (Å²) in [6.07, 6.45) is -0.309. The molecular weight excluding hydrogens is 339 g/mol. The molecule has 1 aliphatic rings. The molecule has 3 aromatic rings. The molecule has 0 aromatic heterocycles. The molecule has 27 heavy (non-hydrogen) atoms. The highest BCUT2D eigenvalue weighted by Crippen LogP contribution is 2.30. The van der Waals surface area contributed by atoms with E-state index in [0.29, 0.717) is 24.7 Å². The summed E-state index contributed by atoms with van der Waals surface area (Å²) in [6, 6.07) is 21.3. The SMILES string of the molecule is Cc1ccc(-c2ccc(-c3ccc(C4OCC(C)CO4)cc3)cc2F)cc1. The third-order valence-corrected chi connectivity index (χ3v) is 4.91. The Morgan fingerprint density at radius 2 is 1.37 bits per heavy atom. The van der Waals surface area contributed by atoms with Crippen molar-refractivity contribution in [2.24, 2.45) is 5.92 Å². The van der Waals surface area contributed by atoms with Crippen molar-refractivity contribution >= 4 is 0 Å². The number of hydrogen-bond acceptors (Lipinski definition) is 2. The maximum absolute atomic E-state index is 14.7. The fraction of sp³-hybridized carbons (Fsp3) is 0.250. The standard InChI is InChI=1S/C24H23FO2/c1-16-3-5-19(6-4-16)22-12-11-21(13-23(22)25)18-7-9-20(10-8-18)24-26-14-17(2)15-27-24/h3-13,17,24H,14-15H2,1-2H3. The maximum Gasteiger partial charge on any atom is 0.183 e. The molecule has 0 unspecified atom stereocenters. The van der Waals surface area contributed by atoms with Crippen LogP contribution in [-0.4, -0.2) is 13.2 Å². The number of hydrogen-bond donors (Lipinski definition) is 0. The minimum atomic E-state index is -0.309. The number of aryl methyl sites for hydroxylation is 1. The molecule has 0 N–H and O–H groups in total. The summed E-state index contributed by atoms with van der Waals surface area (Å²) in [5.41, 5.74) is 5.49. The number of halogens is 1. The van der Waals surface area contributed by atoms with Gasteiger partial charge in [0.15, 0.2) is 6.29 Å². The van der Waals surface area contributed by atoms with E-state index in [1.165, 1.54) is 0 Å². The van der Waals surface area contributed by atoms with E-state index in [9.17, 15) is 4.39 Å². The lowest BCUT2D eigenvalue weighted by molar-refractivity contribution is -0.202. The van der Waals surface area contributed by atoms with Crippen LogP contribution in [0.25, 0.3) is 22.3 Å². The van der Waals surface area contributed by atoms with Crippen LogP contribution in [0, 0.1) is 18.7 Å². The minimum Gasteiger partial charge on any atom is -0.348 e. The zero-order valence-electron chi connectivity index (χ0n) is 15.6. The lowest BCUT2D eigenvalue weighted by atomic mass is 9.98. The minimum absolute atomic E-state index is 0.214. The molecule has 0 amide bonds. The lowest BCUT2D eigenvalue weighted by Crippen LogP contribution is -2.24. The first-order chi connectivity index (χ1) is 13.1. The summed E-state index contributed by atoms with van der Waals surface area (Å²) in [4.78, 5) is 0. The second kappa shape index (κ2) is 7.63. The molecule has 0 spiro atoms. The highest BCUT2D eigenvalue weighted by atomic mass is 19.1. The van der Waals surface area contributed by atoms with Crippen molar-refractivity contribution in [2.75, 3.05) is 13.2 Å². The predicted octanol–water partition coefficient (Wildman–Crippen LogP) is 6.15. The largest absolute Gasteiger partial charge is 0.348 e. The van der Waals surface area contributed by atoms with Gasteiger partial charge in [0.2, 0.25) is 0 Å². The normalized spacial score (nSPS) is 19.8. The summed E-state index contributed by atoms with van der Waals surface area (Å²) in [5.74, 6) is 0.212. The Hall–Kier alpha value is -2.49. The second-order valence-electron chi connectivity index (χ2n) is 7.29. The molecule has 1 saturated heterocycles. The van der Waals surface area contributed by atoms with E-state index in [1.54, 1.807) is 6.07 Å². The molecular formula is C24H23FO2. The highest BCUT2D eigenvalue weighted by molar-refractivity contribution is 5.71. The molecule has 0 saturated carbocycles. The van der Waals surface area contributed by atoms with Gasteiger partial charge in [-0.25, -0.2) is 4.39 Å². The monoisotopic (exact) mass is 362 g/mol. The molecule has 138 valence electrons. The first-order valence-electron chi connectivity index (χ1n) is 9.30. The molecule has 0 radical (unpaired) electrons. The lowest BCUT2D eigenvalue weighted by Gasteiger charge is -2.27. The number of rotatable bonds is 3. The van der Waals surface area contributed by atoms with Crippen LogP contribution in [0.5, 0.6) is 0 Å². The van der Waals surface area contributed by atoms with Crippen LogP contribution in [0.4, 0.5) is 4.39 Å². The van der Waals surface area contributed by atoms with Crippen molar-refractivity contribution in [1.29, 1.82) is 0 Å². The Morgan fingerprint density at radius 1 is 0.778 bits per heavy atom. The molecule has 0 aliphatic carbocycles. The van der Waals surface area contributed by atoms with Crippen LogP contribution in [0.2, 0.25) is 0 Å². The second-order valence-corrected chi connectivity index (χ2v) is 7.29. The smallest absolute Gasteiger partial charge is 0.183 e. The van der Waals surface area contributed by atoms with Gasteiger partial charge in [0.1, 0.15) is 5.82 Å². The number of ether oxygens (including phenoxy) is 2. The average Bonchev–Trinajstić information content (AvgIpc) is 2.69. The van der Waals surface area contributed by atoms with Gasteiger partial charge in [-0.1, -0.05) is 73.2 Å². The highest BCUT2D eigenvalue weighted by Gasteiger charge is 2.20. The Labute approximate surface area is 159 Å². The molecule has 2 nitrogen and oxygen atoms in total. The average molecular weight is 362 g/mol. The molecule has 1 aliphatic heterocycles. The third-order valence-electron chi connectivity index (χ3n) is 4.91. The van der Waals surface area contributed by atoms with Gasteiger partial charge in [0.05, 0.1) is 13.2 Å². The van der Waals surface area contributed by atoms with E-state index >= 15 is 0 Å². The van der Waals surface area contributed by atoms with E-state index < -0.39 is 0 Å². The van der Waals surface area contributed by atoms with Gasteiger partial charge in [-0.05, 0) is 29.7 Å². The summed E-state index contributed by atoms with van der Waals surface area (Å²) in [7, 11) is 0. The van der Waals surface area contributed by atoms with Gasteiger partial charge in [-0.2, -0.15) is 0 Å². The summed E-state index contributed by atoms with van der Waals surface area (Å²) < 4.78 is 26.2. The molecule has 3 heteroatoms. The molecule has 1 fully saturated rings. The van der Waals surface area contributed by atoms with Gasteiger partial charge >= 0.3 is 0 Å². The van der Waals surface area contributed by atoms with Crippen LogP contribution in [-0.2, 0) is 9.47 Å². The van der Waals surface area contributed by atoms with E-state index in [1.807, 2.05) is 67.6 Å². The van der Waals surface area contributed by atoms with Crippen molar-refractivity contribution in [3.8, 4) is 22.3 Å². The van der Waals surface area contributed by atoms with E-state index in [2.05, 4.69) is 6.92 Å². The fourth-order valence-electron chi connectivity index (χ4n) is 3.29. The Kier molecular flexibility index (Phi) is 5.06. The van der Waals surface area contributed by atoms with Gasteiger partial charge in [0.25, 0.3) is 0 Å². The molecule has 0 atom stereocenters. The van der Waals surface area contributed by atoms with Crippen LogP contribution in [0.3, 0.4) is 0 Å². The van der Waals surface area contributed by atoms with Crippen LogP contribution >= 0.6 is 0 Å². The van der Waals surface area contributed by atoms with Crippen molar-refractivity contribution in [1.82, 2.24) is 0 Å². The summed E-state index contributed by atoms with van der Waals surface area (Å²) >= 11 is 0. The van der Waals surface area contributed by atoms with Crippen LogP contribution < -0.4 is 0 Å².